The minimum atomic E-state index is -4.14. The lowest BCUT2D eigenvalue weighted by Gasteiger charge is -2.19. The van der Waals surface area contributed by atoms with Crippen LogP contribution < -0.4 is 15.4 Å². The van der Waals surface area contributed by atoms with Crippen molar-refractivity contribution in [3.63, 3.8) is 0 Å². The third-order valence-electron chi connectivity index (χ3n) is 5.06. The van der Waals surface area contributed by atoms with E-state index >= 15 is 0 Å². The number of nitrogens with one attached hydrogen (secondary N) is 2. The number of guanidine groups is 1. The number of rotatable bonds is 11. The lowest BCUT2D eigenvalue weighted by atomic mass is 10.1. The van der Waals surface area contributed by atoms with Crippen molar-refractivity contribution in [1.29, 1.82) is 0 Å². The molecule has 0 bridgehead atoms. The van der Waals surface area contributed by atoms with Crippen molar-refractivity contribution in [2.75, 3.05) is 53.0 Å². The summed E-state index contributed by atoms with van der Waals surface area (Å²) >= 11 is 0. The van der Waals surface area contributed by atoms with Crippen LogP contribution in [0.3, 0.4) is 0 Å². The highest BCUT2D eigenvalue weighted by molar-refractivity contribution is 14.0. The summed E-state index contributed by atoms with van der Waals surface area (Å²) in [6.07, 6.45) is -2.58. The van der Waals surface area contributed by atoms with E-state index in [0.717, 1.165) is 29.7 Å². The topological polar surface area (TPSA) is 58.1 Å². The Hall–Kier alpha value is -1.27. The molecule has 0 spiro atoms. The van der Waals surface area contributed by atoms with Crippen molar-refractivity contribution < 1.29 is 22.6 Å². The Morgan fingerprint density at radius 3 is 2.72 bits per heavy atom. The monoisotopic (exact) mass is 572 g/mol. The third kappa shape index (κ3) is 11.0. The minimum Gasteiger partial charge on any atom is -0.493 e. The van der Waals surface area contributed by atoms with Crippen molar-refractivity contribution in [3.05, 3.63) is 29.3 Å². The van der Waals surface area contributed by atoms with E-state index in [1.807, 2.05) is 32.0 Å². The number of alkyl halides is 3. The van der Waals surface area contributed by atoms with Crippen LogP contribution in [0.25, 0.3) is 0 Å². The number of methoxy groups -OCH3 is 1. The Kier molecular flexibility index (Phi) is 13.3. The van der Waals surface area contributed by atoms with Crippen molar-refractivity contribution in [3.8, 4) is 5.75 Å². The van der Waals surface area contributed by atoms with Crippen LogP contribution in [0, 0.1) is 12.8 Å². The van der Waals surface area contributed by atoms with Gasteiger partial charge in [-0.3, -0.25) is 4.90 Å². The Labute approximate surface area is 206 Å². The second kappa shape index (κ2) is 14.8. The molecule has 1 atom stereocenters. The van der Waals surface area contributed by atoms with Crippen LogP contribution in [-0.4, -0.2) is 70.1 Å². The molecule has 0 aromatic heterocycles. The van der Waals surface area contributed by atoms with Gasteiger partial charge in [-0.2, -0.15) is 13.2 Å². The van der Waals surface area contributed by atoms with Crippen LogP contribution in [0.15, 0.2) is 23.2 Å². The molecule has 1 heterocycles. The fourth-order valence-electron chi connectivity index (χ4n) is 3.54. The summed E-state index contributed by atoms with van der Waals surface area (Å²) in [5, 5.41) is 6.49. The van der Waals surface area contributed by atoms with Crippen LogP contribution in [0.5, 0.6) is 5.75 Å². The quantitative estimate of drug-likeness (QED) is 0.182. The fraction of sp³-hybridized carbons (Fsp3) is 0.682. The normalized spacial score (nSPS) is 17.2. The highest BCUT2D eigenvalue weighted by Gasteiger charge is 2.34. The van der Waals surface area contributed by atoms with Crippen molar-refractivity contribution >= 4 is 29.9 Å². The van der Waals surface area contributed by atoms with E-state index in [4.69, 9.17) is 9.47 Å². The molecule has 184 valence electrons. The molecule has 0 amide bonds. The van der Waals surface area contributed by atoms with Gasteiger partial charge in [-0.25, -0.2) is 4.99 Å². The molecule has 1 unspecified atom stereocenters. The average molecular weight is 572 g/mol. The molecule has 1 saturated heterocycles. The largest absolute Gasteiger partial charge is 0.493 e. The molecule has 1 aromatic rings. The zero-order valence-electron chi connectivity index (χ0n) is 19.1. The molecule has 10 heteroatoms. The second-order valence-corrected chi connectivity index (χ2v) is 7.89. The summed E-state index contributed by atoms with van der Waals surface area (Å²) in [6.45, 7) is 7.05. The maximum Gasteiger partial charge on any atom is 0.401 e. The van der Waals surface area contributed by atoms with E-state index in [-0.39, 0.29) is 29.9 Å². The van der Waals surface area contributed by atoms with Crippen molar-refractivity contribution in [2.45, 2.75) is 39.4 Å². The van der Waals surface area contributed by atoms with E-state index < -0.39 is 12.7 Å². The summed E-state index contributed by atoms with van der Waals surface area (Å²) in [5.74, 6) is 1.64. The minimum absolute atomic E-state index is 0. The van der Waals surface area contributed by atoms with Crippen LogP contribution in [-0.2, 0) is 11.3 Å². The van der Waals surface area contributed by atoms with Gasteiger partial charge in [-0.15, -0.1) is 24.0 Å². The molecule has 1 aliphatic rings. The number of aryl methyl sites for hydroxylation is 1. The van der Waals surface area contributed by atoms with Gasteiger partial charge in [0.2, 0.25) is 0 Å². The third-order valence-corrected chi connectivity index (χ3v) is 5.06. The van der Waals surface area contributed by atoms with E-state index in [1.54, 1.807) is 7.11 Å². The first kappa shape index (κ1) is 28.8. The Morgan fingerprint density at radius 2 is 2.03 bits per heavy atom. The maximum absolute atomic E-state index is 12.6. The van der Waals surface area contributed by atoms with E-state index in [9.17, 15) is 13.2 Å². The molecule has 0 aliphatic carbocycles. The van der Waals surface area contributed by atoms with Gasteiger partial charge < -0.3 is 20.1 Å². The Bertz CT molecular complexity index is 704. The molecular weight excluding hydrogens is 536 g/mol. The summed E-state index contributed by atoms with van der Waals surface area (Å²) in [5.41, 5.74) is 2.10. The van der Waals surface area contributed by atoms with E-state index in [2.05, 4.69) is 15.6 Å². The Morgan fingerprint density at radius 1 is 1.25 bits per heavy atom. The number of hydrogen-bond acceptors (Lipinski definition) is 4. The first-order chi connectivity index (χ1) is 14.8. The highest BCUT2D eigenvalue weighted by Crippen LogP contribution is 2.23. The second-order valence-electron chi connectivity index (χ2n) is 7.89. The zero-order chi connectivity index (χ0) is 22.7. The lowest BCUT2D eigenvalue weighted by Crippen LogP contribution is -2.40. The molecule has 0 saturated carbocycles. The number of halogens is 4. The van der Waals surface area contributed by atoms with Crippen LogP contribution in [0.1, 0.15) is 30.9 Å². The number of aliphatic imine (C=N–C) groups is 1. The van der Waals surface area contributed by atoms with Gasteiger partial charge in [-0.1, -0.05) is 12.1 Å². The summed E-state index contributed by atoms with van der Waals surface area (Å²) in [6, 6.07) is 6.05. The van der Waals surface area contributed by atoms with Crippen LogP contribution in [0.4, 0.5) is 13.2 Å². The molecule has 1 aliphatic heterocycles. The summed E-state index contributed by atoms with van der Waals surface area (Å²) in [4.78, 5) is 6.12. The van der Waals surface area contributed by atoms with Gasteiger partial charge in [0.05, 0.1) is 19.7 Å². The smallest absolute Gasteiger partial charge is 0.401 e. The molecule has 2 N–H and O–H groups in total. The van der Waals surface area contributed by atoms with E-state index in [0.29, 0.717) is 51.9 Å². The SMILES string of the molecule is CCNC(=NCc1ccc(C)cc1OCCCOC)NCC1CCN(CC(F)(F)F)C1.I. The lowest BCUT2D eigenvalue weighted by molar-refractivity contribution is -0.143. The zero-order valence-corrected chi connectivity index (χ0v) is 21.5. The predicted octanol–water partition coefficient (Wildman–Crippen LogP) is 3.97. The molecule has 2 rings (SSSR count). The van der Waals surface area contributed by atoms with Crippen LogP contribution in [0.2, 0.25) is 0 Å². The molecule has 32 heavy (non-hydrogen) atoms. The molecule has 0 radical (unpaired) electrons. The van der Waals surface area contributed by atoms with Crippen LogP contribution >= 0.6 is 24.0 Å². The number of hydrogen-bond donors (Lipinski definition) is 2. The Balaban J connectivity index is 0.00000512. The number of benzene rings is 1. The van der Waals surface area contributed by atoms with Gasteiger partial charge in [0.15, 0.2) is 5.96 Å². The van der Waals surface area contributed by atoms with Crippen molar-refractivity contribution in [1.82, 2.24) is 15.5 Å². The predicted molar refractivity (Wildman–Crippen MR) is 132 cm³/mol. The molecular formula is C22H36F3IN4O2. The number of nitrogens with zero attached hydrogens (tertiary/aromatic N) is 2. The van der Waals surface area contributed by atoms with Gasteiger partial charge >= 0.3 is 6.18 Å². The van der Waals surface area contributed by atoms with Gasteiger partial charge in [0, 0.05) is 45.3 Å². The summed E-state index contributed by atoms with van der Waals surface area (Å²) in [7, 11) is 1.67. The molecule has 1 aromatic carbocycles. The standard InChI is InChI=1S/C22H35F3N4O2.HI/c1-4-26-21(27-13-18-8-9-29(15-18)16-22(23,24)25)28-14-19-7-6-17(2)12-20(19)31-11-5-10-30-3;/h6-7,12,18H,4-5,8-11,13-16H2,1-3H3,(H2,26,27,28);1H. The number of likely N-dealkylation sites (tertiary alicyclic amines) is 1. The molecule has 1 fully saturated rings. The first-order valence-electron chi connectivity index (χ1n) is 10.8. The first-order valence-corrected chi connectivity index (χ1v) is 10.8. The van der Waals surface area contributed by atoms with Crippen molar-refractivity contribution in [2.24, 2.45) is 10.9 Å². The van der Waals surface area contributed by atoms with E-state index in [1.165, 1.54) is 4.90 Å². The summed E-state index contributed by atoms with van der Waals surface area (Å²) < 4.78 is 48.7. The van der Waals surface area contributed by atoms with Gasteiger partial charge in [-0.05, 0) is 44.4 Å². The molecule has 6 nitrogen and oxygen atoms in total. The number of ether oxygens (including phenoxy) is 2. The van der Waals surface area contributed by atoms with Gasteiger partial charge in [0.1, 0.15) is 5.75 Å². The average Bonchev–Trinajstić information content (AvgIpc) is 3.14. The highest BCUT2D eigenvalue weighted by atomic mass is 127. The maximum atomic E-state index is 12.6. The van der Waals surface area contributed by atoms with Gasteiger partial charge in [0.25, 0.3) is 0 Å². The fourth-order valence-corrected chi connectivity index (χ4v) is 3.54.